The van der Waals surface area contributed by atoms with Crippen molar-refractivity contribution in [1.82, 2.24) is 4.72 Å². The van der Waals surface area contributed by atoms with Gasteiger partial charge in [-0.2, -0.15) is 0 Å². The number of rotatable bonds is 8. The van der Waals surface area contributed by atoms with Crippen LogP contribution < -0.4 is 14.2 Å². The van der Waals surface area contributed by atoms with Gasteiger partial charge < -0.3 is 14.2 Å². The molecule has 0 aromatic heterocycles. The Kier molecular flexibility index (Phi) is 6.81. The summed E-state index contributed by atoms with van der Waals surface area (Å²) in [7, 11) is 0.445. The lowest BCUT2D eigenvalue weighted by Crippen LogP contribution is -2.28. The second-order valence-corrected chi connectivity index (χ2v) is 7.43. The molecule has 0 aliphatic rings. The van der Waals surface area contributed by atoms with Crippen molar-refractivity contribution >= 4 is 16.0 Å². The third-order valence-electron chi connectivity index (χ3n) is 4.08. The van der Waals surface area contributed by atoms with Gasteiger partial charge in [-0.1, -0.05) is 19.1 Å². The molecule has 0 saturated heterocycles. The Morgan fingerprint density at radius 1 is 1.04 bits per heavy atom. The van der Waals surface area contributed by atoms with Gasteiger partial charge in [-0.05, 0) is 42.3 Å². The molecule has 0 radical (unpaired) electrons. The van der Waals surface area contributed by atoms with Crippen LogP contribution >= 0.6 is 0 Å². The van der Waals surface area contributed by atoms with Gasteiger partial charge in [0, 0.05) is 6.04 Å². The van der Waals surface area contributed by atoms with Crippen molar-refractivity contribution in [1.29, 1.82) is 0 Å². The number of carbonyl (C=O) groups excluding carboxylic acids is 1. The second kappa shape index (κ2) is 8.88. The van der Waals surface area contributed by atoms with E-state index in [2.05, 4.69) is 9.46 Å². The van der Waals surface area contributed by atoms with Crippen molar-refractivity contribution in [2.45, 2.75) is 24.3 Å². The molecule has 0 heterocycles. The van der Waals surface area contributed by atoms with Gasteiger partial charge in [0.15, 0.2) is 11.5 Å². The molecule has 2 aromatic rings. The fourth-order valence-corrected chi connectivity index (χ4v) is 3.97. The summed E-state index contributed by atoms with van der Waals surface area (Å²) in [6, 6.07) is 10.5. The van der Waals surface area contributed by atoms with E-state index in [1.165, 1.54) is 45.6 Å². The van der Waals surface area contributed by atoms with E-state index in [-0.39, 0.29) is 10.5 Å². The average molecular weight is 393 g/mol. The van der Waals surface area contributed by atoms with E-state index >= 15 is 0 Å². The highest BCUT2D eigenvalue weighted by molar-refractivity contribution is 7.89. The normalized spacial score (nSPS) is 12.3. The highest BCUT2D eigenvalue weighted by Crippen LogP contribution is 2.31. The summed E-state index contributed by atoms with van der Waals surface area (Å²) < 4.78 is 43.4. The largest absolute Gasteiger partial charge is 0.493 e. The Morgan fingerprint density at radius 2 is 1.74 bits per heavy atom. The molecular formula is C19H23NO6S. The van der Waals surface area contributed by atoms with Crippen molar-refractivity contribution in [3.63, 3.8) is 0 Å². The van der Waals surface area contributed by atoms with E-state index in [0.717, 1.165) is 5.56 Å². The lowest BCUT2D eigenvalue weighted by molar-refractivity contribution is 0.0600. The van der Waals surface area contributed by atoms with Gasteiger partial charge in [-0.3, -0.25) is 0 Å². The Balaban J connectivity index is 2.33. The Bertz CT molecular complexity index is 910. The summed E-state index contributed by atoms with van der Waals surface area (Å²) in [4.78, 5) is 11.7. The van der Waals surface area contributed by atoms with Crippen LogP contribution in [0.4, 0.5) is 0 Å². The van der Waals surface area contributed by atoms with Crippen molar-refractivity contribution in [2.24, 2.45) is 0 Å². The molecule has 2 aromatic carbocycles. The molecule has 2 rings (SSSR count). The van der Waals surface area contributed by atoms with Gasteiger partial charge in [-0.25, -0.2) is 17.9 Å². The van der Waals surface area contributed by atoms with Gasteiger partial charge >= 0.3 is 5.97 Å². The van der Waals surface area contributed by atoms with E-state index in [1.807, 2.05) is 6.92 Å². The van der Waals surface area contributed by atoms with Crippen LogP contribution in [0.15, 0.2) is 47.4 Å². The summed E-state index contributed by atoms with van der Waals surface area (Å²) in [6.07, 6.45) is 0.519. The molecular weight excluding hydrogens is 370 g/mol. The van der Waals surface area contributed by atoms with E-state index in [0.29, 0.717) is 17.9 Å². The summed E-state index contributed by atoms with van der Waals surface area (Å²) in [6.45, 7) is 1.87. The molecule has 0 bridgehead atoms. The van der Waals surface area contributed by atoms with E-state index in [4.69, 9.17) is 9.47 Å². The van der Waals surface area contributed by atoms with Crippen LogP contribution in [0.25, 0.3) is 0 Å². The molecule has 0 spiro atoms. The first-order valence-electron chi connectivity index (χ1n) is 8.28. The Labute approximate surface area is 159 Å². The SMILES string of the molecule is CCC(NS(=O)(=O)c1cccc(C(=O)OC)c1)c1ccc(OC)c(OC)c1. The molecule has 1 atom stereocenters. The topological polar surface area (TPSA) is 90.9 Å². The zero-order valence-corrected chi connectivity index (χ0v) is 16.5. The fourth-order valence-electron chi connectivity index (χ4n) is 2.62. The minimum atomic E-state index is -3.85. The molecule has 0 aliphatic carbocycles. The van der Waals surface area contributed by atoms with Crippen LogP contribution in [0.3, 0.4) is 0 Å². The minimum absolute atomic E-state index is 0.00988. The second-order valence-electron chi connectivity index (χ2n) is 5.72. The Hall–Kier alpha value is -2.58. The predicted octanol–water partition coefficient (Wildman–Crippen LogP) is 2.92. The maximum Gasteiger partial charge on any atom is 0.337 e. The molecule has 8 heteroatoms. The van der Waals surface area contributed by atoms with Crippen molar-refractivity contribution in [2.75, 3.05) is 21.3 Å². The zero-order chi connectivity index (χ0) is 20.0. The molecule has 0 aliphatic heterocycles. The molecule has 1 unspecified atom stereocenters. The Morgan fingerprint density at radius 3 is 2.33 bits per heavy atom. The minimum Gasteiger partial charge on any atom is -0.493 e. The van der Waals surface area contributed by atoms with E-state index < -0.39 is 22.0 Å². The quantitative estimate of drug-likeness (QED) is 0.694. The molecule has 0 amide bonds. The average Bonchev–Trinajstić information content (AvgIpc) is 2.70. The molecule has 146 valence electrons. The smallest absolute Gasteiger partial charge is 0.337 e. The lowest BCUT2D eigenvalue weighted by Gasteiger charge is -2.19. The summed E-state index contributed by atoms with van der Waals surface area (Å²) in [5.74, 6) is 0.476. The van der Waals surface area contributed by atoms with E-state index in [1.54, 1.807) is 18.2 Å². The van der Waals surface area contributed by atoms with Crippen molar-refractivity contribution in [3.05, 3.63) is 53.6 Å². The molecule has 7 nitrogen and oxygen atoms in total. The summed E-state index contributed by atoms with van der Waals surface area (Å²) in [5.41, 5.74) is 0.905. The maximum atomic E-state index is 12.8. The van der Waals surface area contributed by atoms with Crippen LogP contribution in [0.5, 0.6) is 11.5 Å². The fraction of sp³-hybridized carbons (Fsp3) is 0.316. The third kappa shape index (κ3) is 4.78. The summed E-state index contributed by atoms with van der Waals surface area (Å²) in [5, 5.41) is 0. The number of hydrogen-bond acceptors (Lipinski definition) is 6. The van der Waals surface area contributed by atoms with Crippen LogP contribution in [0, 0.1) is 0 Å². The van der Waals surface area contributed by atoms with Crippen LogP contribution in [0.2, 0.25) is 0 Å². The van der Waals surface area contributed by atoms with Crippen LogP contribution in [-0.2, 0) is 14.8 Å². The molecule has 0 saturated carbocycles. The number of esters is 1. The number of benzene rings is 2. The monoisotopic (exact) mass is 393 g/mol. The first-order valence-corrected chi connectivity index (χ1v) is 9.77. The van der Waals surface area contributed by atoms with Crippen molar-refractivity contribution in [3.8, 4) is 11.5 Å². The first kappa shape index (κ1) is 20.7. The molecule has 0 fully saturated rings. The van der Waals surface area contributed by atoms with Crippen LogP contribution in [-0.4, -0.2) is 35.7 Å². The number of sulfonamides is 1. The third-order valence-corrected chi connectivity index (χ3v) is 5.55. The molecule has 1 N–H and O–H groups in total. The number of methoxy groups -OCH3 is 3. The first-order chi connectivity index (χ1) is 12.9. The number of hydrogen-bond donors (Lipinski definition) is 1. The zero-order valence-electron chi connectivity index (χ0n) is 15.7. The summed E-state index contributed by atoms with van der Waals surface area (Å²) >= 11 is 0. The predicted molar refractivity (Wildman–Crippen MR) is 101 cm³/mol. The van der Waals surface area contributed by atoms with Gasteiger partial charge in [-0.15, -0.1) is 0 Å². The van der Waals surface area contributed by atoms with Gasteiger partial charge in [0.2, 0.25) is 10.0 Å². The van der Waals surface area contributed by atoms with Gasteiger partial charge in [0.1, 0.15) is 0 Å². The van der Waals surface area contributed by atoms with Crippen molar-refractivity contribution < 1.29 is 27.4 Å². The lowest BCUT2D eigenvalue weighted by atomic mass is 10.1. The number of ether oxygens (including phenoxy) is 3. The maximum absolute atomic E-state index is 12.8. The van der Waals surface area contributed by atoms with Crippen LogP contribution in [0.1, 0.15) is 35.3 Å². The standard InChI is InChI=1S/C19H23NO6S/c1-5-16(13-9-10-17(24-2)18(12-13)25-3)20-27(22,23)15-8-6-7-14(11-15)19(21)26-4/h6-12,16,20H,5H2,1-4H3. The highest BCUT2D eigenvalue weighted by Gasteiger charge is 2.22. The van der Waals surface area contributed by atoms with E-state index in [9.17, 15) is 13.2 Å². The van der Waals surface area contributed by atoms with Gasteiger partial charge in [0.25, 0.3) is 0 Å². The number of carbonyl (C=O) groups is 1. The highest BCUT2D eigenvalue weighted by atomic mass is 32.2. The number of nitrogens with one attached hydrogen (secondary N) is 1. The van der Waals surface area contributed by atoms with Gasteiger partial charge in [0.05, 0.1) is 31.8 Å². The molecule has 27 heavy (non-hydrogen) atoms.